The zero-order valence-electron chi connectivity index (χ0n) is 13.4. The van der Waals surface area contributed by atoms with Gasteiger partial charge in [0.15, 0.2) is 0 Å². The van der Waals surface area contributed by atoms with Crippen LogP contribution in [0.4, 0.5) is 0 Å². The summed E-state index contributed by atoms with van der Waals surface area (Å²) in [5, 5.41) is 0. The second-order valence-electron chi connectivity index (χ2n) is 7.36. The van der Waals surface area contributed by atoms with Gasteiger partial charge in [-0.3, -0.25) is 0 Å². The second-order valence-corrected chi connectivity index (χ2v) is 7.36. The Morgan fingerprint density at radius 1 is 1.20 bits per heavy atom. The predicted molar refractivity (Wildman–Crippen MR) is 85.0 cm³/mol. The van der Waals surface area contributed by atoms with Crippen LogP contribution >= 0.6 is 0 Å². The largest absolute Gasteiger partial charge is 0.378 e. The molecule has 1 aliphatic rings. The fraction of sp³-hybridized carbons (Fsp3) is 0.667. The molecule has 0 bridgehead atoms. The maximum atomic E-state index is 6.32. The molecule has 1 saturated carbocycles. The first-order valence-corrected chi connectivity index (χ1v) is 7.75. The highest BCUT2D eigenvalue weighted by molar-refractivity contribution is 5.28. The second kappa shape index (κ2) is 5.87. The summed E-state index contributed by atoms with van der Waals surface area (Å²) in [5.74, 6) is 0. The van der Waals surface area contributed by atoms with Crippen molar-refractivity contribution in [2.45, 2.75) is 69.9 Å². The van der Waals surface area contributed by atoms with E-state index in [-0.39, 0.29) is 17.1 Å². The minimum atomic E-state index is 0.0742. The summed E-state index contributed by atoms with van der Waals surface area (Å²) in [7, 11) is 1.82. The van der Waals surface area contributed by atoms with Gasteiger partial charge in [0.05, 0.1) is 5.60 Å². The monoisotopic (exact) mass is 275 g/mol. The van der Waals surface area contributed by atoms with Crippen molar-refractivity contribution in [2.24, 2.45) is 5.73 Å². The van der Waals surface area contributed by atoms with E-state index in [2.05, 4.69) is 45.0 Å². The molecular formula is C18H29NO. The molecule has 0 radical (unpaired) electrons. The number of benzene rings is 1. The van der Waals surface area contributed by atoms with E-state index in [1.807, 2.05) is 7.11 Å². The first-order chi connectivity index (χ1) is 9.35. The highest BCUT2D eigenvalue weighted by atomic mass is 16.5. The smallest absolute Gasteiger partial charge is 0.0693 e. The van der Waals surface area contributed by atoms with Crippen LogP contribution in [-0.2, 0) is 16.6 Å². The number of rotatable bonds is 5. The summed E-state index contributed by atoms with van der Waals surface area (Å²) in [6, 6.07) is 9.10. The van der Waals surface area contributed by atoms with E-state index in [0.717, 1.165) is 12.8 Å². The van der Waals surface area contributed by atoms with Gasteiger partial charge in [0.25, 0.3) is 0 Å². The molecule has 1 aromatic carbocycles. The van der Waals surface area contributed by atoms with Crippen LogP contribution in [0.1, 0.15) is 57.6 Å². The highest BCUT2D eigenvalue weighted by Gasteiger charge is 2.38. The topological polar surface area (TPSA) is 35.2 Å². The van der Waals surface area contributed by atoms with Gasteiger partial charge in [-0.15, -0.1) is 0 Å². The zero-order valence-corrected chi connectivity index (χ0v) is 13.4. The molecule has 2 nitrogen and oxygen atoms in total. The molecule has 1 aliphatic carbocycles. The fourth-order valence-corrected chi connectivity index (χ4v) is 3.06. The van der Waals surface area contributed by atoms with Crippen molar-refractivity contribution >= 4 is 0 Å². The molecular weight excluding hydrogens is 246 g/mol. The Balaban J connectivity index is 1.93. The van der Waals surface area contributed by atoms with Gasteiger partial charge in [-0.2, -0.15) is 0 Å². The van der Waals surface area contributed by atoms with Crippen molar-refractivity contribution in [3.63, 3.8) is 0 Å². The molecule has 1 fully saturated rings. The Kier molecular flexibility index (Phi) is 4.55. The van der Waals surface area contributed by atoms with Crippen LogP contribution in [0, 0.1) is 0 Å². The molecule has 2 heteroatoms. The van der Waals surface area contributed by atoms with E-state index in [9.17, 15) is 0 Å². The van der Waals surface area contributed by atoms with E-state index in [0.29, 0.717) is 0 Å². The number of nitrogens with two attached hydrogens (primary N) is 1. The highest BCUT2D eigenvalue weighted by Crippen LogP contribution is 2.39. The Morgan fingerprint density at radius 2 is 1.80 bits per heavy atom. The minimum Gasteiger partial charge on any atom is -0.378 e. The van der Waals surface area contributed by atoms with Gasteiger partial charge < -0.3 is 10.5 Å². The quantitative estimate of drug-likeness (QED) is 0.886. The van der Waals surface area contributed by atoms with E-state index in [1.54, 1.807) is 0 Å². The zero-order chi connectivity index (χ0) is 14.8. The molecule has 0 saturated heterocycles. The van der Waals surface area contributed by atoms with E-state index >= 15 is 0 Å². The standard InChI is InChI=1S/C18H29NO/c1-17(2,3)15-8-6-14(7-9-15)12-16(19)13-18(20-4)10-5-11-18/h6-9,16H,5,10-13,19H2,1-4H3. The SMILES string of the molecule is COC1(CC(N)Cc2ccc(C(C)(C)C)cc2)CCC1. The van der Waals surface area contributed by atoms with E-state index in [4.69, 9.17) is 10.5 Å². The fourth-order valence-electron chi connectivity index (χ4n) is 3.06. The molecule has 20 heavy (non-hydrogen) atoms. The average molecular weight is 275 g/mol. The number of methoxy groups -OCH3 is 1. The first kappa shape index (κ1) is 15.5. The van der Waals surface area contributed by atoms with E-state index < -0.39 is 0 Å². The van der Waals surface area contributed by atoms with Gasteiger partial charge in [-0.25, -0.2) is 0 Å². The van der Waals surface area contributed by atoms with Crippen molar-refractivity contribution in [3.05, 3.63) is 35.4 Å². The lowest BCUT2D eigenvalue weighted by Gasteiger charge is -2.42. The van der Waals surface area contributed by atoms with Crippen molar-refractivity contribution < 1.29 is 4.74 Å². The lowest BCUT2D eigenvalue weighted by molar-refractivity contribution is -0.0813. The van der Waals surface area contributed by atoms with Crippen LogP contribution in [0.25, 0.3) is 0 Å². The Hall–Kier alpha value is -0.860. The van der Waals surface area contributed by atoms with Crippen LogP contribution < -0.4 is 5.73 Å². The molecule has 1 unspecified atom stereocenters. The van der Waals surface area contributed by atoms with Gasteiger partial charge in [0.1, 0.15) is 0 Å². The van der Waals surface area contributed by atoms with Gasteiger partial charge >= 0.3 is 0 Å². The molecule has 2 N–H and O–H groups in total. The van der Waals surface area contributed by atoms with Gasteiger partial charge in [0.2, 0.25) is 0 Å². The number of hydrogen-bond acceptors (Lipinski definition) is 2. The molecule has 0 aromatic heterocycles. The molecule has 0 aliphatic heterocycles. The van der Waals surface area contributed by atoms with Crippen LogP contribution in [0.15, 0.2) is 24.3 Å². The van der Waals surface area contributed by atoms with Gasteiger partial charge in [-0.05, 0) is 48.6 Å². The summed E-state index contributed by atoms with van der Waals surface area (Å²) in [4.78, 5) is 0. The number of ether oxygens (including phenoxy) is 1. The van der Waals surface area contributed by atoms with Crippen LogP contribution in [0.2, 0.25) is 0 Å². The lowest BCUT2D eigenvalue weighted by atomic mass is 9.75. The third kappa shape index (κ3) is 3.62. The first-order valence-electron chi connectivity index (χ1n) is 7.75. The third-order valence-electron chi connectivity index (χ3n) is 4.65. The van der Waals surface area contributed by atoms with Crippen molar-refractivity contribution in [2.75, 3.05) is 7.11 Å². The van der Waals surface area contributed by atoms with Crippen molar-refractivity contribution in [1.82, 2.24) is 0 Å². The van der Waals surface area contributed by atoms with Crippen LogP contribution in [0.3, 0.4) is 0 Å². The van der Waals surface area contributed by atoms with Crippen molar-refractivity contribution in [3.8, 4) is 0 Å². The summed E-state index contributed by atoms with van der Waals surface area (Å²) in [5.41, 5.74) is 9.32. The molecule has 0 spiro atoms. The summed E-state index contributed by atoms with van der Waals surface area (Å²) in [6.45, 7) is 6.73. The van der Waals surface area contributed by atoms with E-state index in [1.165, 1.54) is 30.4 Å². The summed E-state index contributed by atoms with van der Waals surface area (Å²) < 4.78 is 5.67. The molecule has 112 valence electrons. The minimum absolute atomic E-state index is 0.0742. The van der Waals surface area contributed by atoms with Gasteiger partial charge in [0, 0.05) is 13.2 Å². The number of hydrogen-bond donors (Lipinski definition) is 1. The van der Waals surface area contributed by atoms with Crippen molar-refractivity contribution in [1.29, 1.82) is 0 Å². The lowest BCUT2D eigenvalue weighted by Crippen LogP contribution is -2.44. The average Bonchev–Trinajstić information content (AvgIpc) is 2.33. The maximum absolute atomic E-state index is 6.32. The Bertz CT molecular complexity index is 420. The molecule has 1 atom stereocenters. The molecule has 0 amide bonds. The molecule has 2 rings (SSSR count). The maximum Gasteiger partial charge on any atom is 0.0693 e. The van der Waals surface area contributed by atoms with Gasteiger partial charge in [-0.1, -0.05) is 45.0 Å². The third-order valence-corrected chi connectivity index (χ3v) is 4.65. The summed E-state index contributed by atoms with van der Waals surface area (Å²) >= 11 is 0. The van der Waals surface area contributed by atoms with Crippen LogP contribution in [-0.4, -0.2) is 18.8 Å². The molecule has 0 heterocycles. The predicted octanol–water partition coefficient (Wildman–Crippen LogP) is 3.81. The Labute approximate surface area is 123 Å². The summed E-state index contributed by atoms with van der Waals surface area (Å²) in [6.07, 6.45) is 5.53. The molecule has 1 aromatic rings. The van der Waals surface area contributed by atoms with Crippen LogP contribution in [0.5, 0.6) is 0 Å². The normalized spacial score (nSPS) is 19.4. The Morgan fingerprint density at radius 3 is 2.20 bits per heavy atom.